The van der Waals surface area contributed by atoms with Crippen molar-refractivity contribution < 1.29 is 8.76 Å². The first-order valence-electron chi connectivity index (χ1n) is 8.35. The van der Waals surface area contributed by atoms with E-state index in [9.17, 15) is 4.21 Å². The van der Waals surface area contributed by atoms with Gasteiger partial charge in [-0.05, 0) is 6.42 Å². The van der Waals surface area contributed by atoms with Crippen LogP contribution in [-0.2, 0) is 11.1 Å². The van der Waals surface area contributed by atoms with Crippen LogP contribution in [0.1, 0.15) is 96.8 Å². The van der Waals surface area contributed by atoms with Crippen LogP contribution in [-0.4, -0.2) is 44.1 Å². The van der Waals surface area contributed by atoms with Crippen molar-refractivity contribution >= 4 is 40.6 Å². The summed E-state index contributed by atoms with van der Waals surface area (Å²) in [6.45, 7) is 2.27. The van der Waals surface area contributed by atoms with Crippen molar-refractivity contribution in [3.63, 3.8) is 0 Å². The van der Waals surface area contributed by atoms with Crippen molar-refractivity contribution in [2.45, 2.75) is 96.8 Å². The molecule has 0 aromatic rings. The van der Waals surface area contributed by atoms with Crippen LogP contribution in [0.2, 0.25) is 0 Å². The molecule has 1 N–H and O–H groups in total. The molecule has 0 fully saturated rings. The summed E-state index contributed by atoms with van der Waals surface area (Å²) in [6.07, 6.45) is 18.5. The van der Waals surface area contributed by atoms with Crippen molar-refractivity contribution in [1.82, 2.24) is 0 Å². The molecule has 0 heterocycles. The first-order valence-corrected chi connectivity index (χ1v) is 9.62. The van der Waals surface area contributed by atoms with E-state index in [1.165, 1.54) is 77.0 Å². The predicted octanol–water partition coefficient (Wildman–Crippen LogP) is 5.04. The first-order chi connectivity index (χ1) is 9.27. The molecule has 0 aromatic carbocycles. The predicted molar refractivity (Wildman–Crippen MR) is 93.1 cm³/mol. The minimum absolute atomic E-state index is 0. The van der Waals surface area contributed by atoms with Gasteiger partial charge in [0.15, 0.2) is 11.1 Å². The van der Waals surface area contributed by atoms with E-state index in [1.807, 2.05) is 0 Å². The Bertz CT molecular complexity index is 201. The Morgan fingerprint density at radius 1 is 0.650 bits per heavy atom. The van der Waals surface area contributed by atoms with Gasteiger partial charge in [-0.3, -0.25) is 0 Å². The van der Waals surface area contributed by atoms with Crippen molar-refractivity contribution in [3.8, 4) is 0 Å². The Hall–Kier alpha value is 1.11. The molecule has 0 saturated carbocycles. The van der Waals surface area contributed by atoms with Gasteiger partial charge in [-0.2, -0.15) is 0 Å². The molecule has 0 spiro atoms. The van der Waals surface area contributed by atoms with E-state index in [-0.39, 0.29) is 29.6 Å². The fraction of sp³-hybridized carbons (Fsp3) is 1.00. The van der Waals surface area contributed by atoms with E-state index in [0.29, 0.717) is 5.75 Å². The van der Waals surface area contributed by atoms with Crippen LogP contribution < -0.4 is 0 Å². The summed E-state index contributed by atoms with van der Waals surface area (Å²) >= 11 is -1.58. The summed E-state index contributed by atoms with van der Waals surface area (Å²) in [4.78, 5) is 0. The van der Waals surface area contributed by atoms with E-state index in [1.54, 1.807) is 0 Å². The van der Waals surface area contributed by atoms with Gasteiger partial charge in [0.05, 0.1) is 0 Å². The first kappa shape index (κ1) is 23.4. The van der Waals surface area contributed by atoms with Crippen LogP contribution in [0.15, 0.2) is 0 Å². The molecule has 20 heavy (non-hydrogen) atoms. The average Bonchev–Trinajstić information content (AvgIpc) is 2.39. The Morgan fingerprint density at radius 3 is 1.25 bits per heavy atom. The van der Waals surface area contributed by atoms with Crippen LogP contribution in [0, 0.1) is 0 Å². The van der Waals surface area contributed by atoms with E-state index >= 15 is 0 Å². The molecule has 0 bridgehead atoms. The van der Waals surface area contributed by atoms with Crippen molar-refractivity contribution in [3.05, 3.63) is 0 Å². The standard InChI is InChI=1S/C16H34O2S.Na.H/c1-2-3-4-5-6-7-8-9-10-11-12-13-14-15-16-19(17)18;;/h2-16H2,1H3,(H,17,18);;. The van der Waals surface area contributed by atoms with Gasteiger partial charge in [-0.1, -0.05) is 90.4 Å². The van der Waals surface area contributed by atoms with E-state index < -0.39 is 11.1 Å². The molecule has 2 nitrogen and oxygen atoms in total. The van der Waals surface area contributed by atoms with Crippen molar-refractivity contribution in [2.75, 3.05) is 5.75 Å². The fourth-order valence-corrected chi connectivity index (χ4v) is 2.87. The number of rotatable bonds is 15. The molecule has 1 atom stereocenters. The Kier molecular flexibility index (Phi) is 23.5. The zero-order chi connectivity index (χ0) is 14.2. The summed E-state index contributed by atoms with van der Waals surface area (Å²) in [5.41, 5.74) is 0. The van der Waals surface area contributed by atoms with Crippen molar-refractivity contribution in [2.24, 2.45) is 0 Å². The molecule has 0 amide bonds. The number of hydrogen-bond acceptors (Lipinski definition) is 1. The third-order valence-electron chi connectivity index (χ3n) is 3.67. The van der Waals surface area contributed by atoms with Crippen LogP contribution in [0.25, 0.3) is 0 Å². The average molecular weight is 315 g/mol. The summed E-state index contributed by atoms with van der Waals surface area (Å²) < 4.78 is 19.0. The summed E-state index contributed by atoms with van der Waals surface area (Å²) in [5.74, 6) is 0.456. The molecule has 118 valence electrons. The van der Waals surface area contributed by atoms with Gasteiger partial charge in [0.2, 0.25) is 0 Å². The van der Waals surface area contributed by atoms with Crippen LogP contribution in [0.4, 0.5) is 0 Å². The molecule has 4 heteroatoms. The summed E-state index contributed by atoms with van der Waals surface area (Å²) in [5, 5.41) is 0. The topological polar surface area (TPSA) is 37.3 Å². The maximum atomic E-state index is 10.4. The SMILES string of the molecule is CCCCCCCCCCCCCCCCS(=O)O.[NaH]. The third kappa shape index (κ3) is 21.4. The molecule has 0 rings (SSSR count). The second-order valence-corrected chi connectivity index (χ2v) is 6.67. The quantitative estimate of drug-likeness (QED) is 0.261. The minimum atomic E-state index is -1.58. The second-order valence-electron chi connectivity index (χ2n) is 5.62. The molecular weight excluding hydrogens is 279 g/mol. The molecule has 1 unspecified atom stereocenters. The van der Waals surface area contributed by atoms with Gasteiger partial charge in [-0.25, -0.2) is 4.21 Å². The molecule has 0 aliphatic carbocycles. The molecule has 0 saturated heterocycles. The molecule has 0 aliphatic rings. The van der Waals surface area contributed by atoms with E-state index in [4.69, 9.17) is 4.55 Å². The van der Waals surface area contributed by atoms with E-state index in [2.05, 4.69) is 6.92 Å². The molecule has 0 aliphatic heterocycles. The normalized spacial score (nSPS) is 12.1. The van der Waals surface area contributed by atoms with Crippen LogP contribution in [0.5, 0.6) is 0 Å². The van der Waals surface area contributed by atoms with E-state index in [0.717, 1.165) is 12.8 Å². The Morgan fingerprint density at radius 2 is 0.950 bits per heavy atom. The second kappa shape index (κ2) is 20.1. The van der Waals surface area contributed by atoms with Crippen LogP contribution in [0.3, 0.4) is 0 Å². The number of unbranched alkanes of at least 4 members (excludes halogenated alkanes) is 13. The summed E-state index contributed by atoms with van der Waals surface area (Å²) in [7, 11) is 0. The molecule has 0 radical (unpaired) electrons. The fourth-order valence-electron chi connectivity index (χ4n) is 2.42. The van der Waals surface area contributed by atoms with Gasteiger partial charge < -0.3 is 4.55 Å². The summed E-state index contributed by atoms with van der Waals surface area (Å²) in [6, 6.07) is 0. The zero-order valence-corrected chi connectivity index (χ0v) is 13.7. The zero-order valence-electron chi connectivity index (χ0n) is 12.9. The molecule has 0 aromatic heterocycles. The number of hydrogen-bond donors (Lipinski definition) is 1. The van der Waals surface area contributed by atoms with Gasteiger partial charge in [-0.15, -0.1) is 0 Å². The van der Waals surface area contributed by atoms with Gasteiger partial charge >= 0.3 is 29.6 Å². The Balaban J connectivity index is 0. The van der Waals surface area contributed by atoms with Gasteiger partial charge in [0.25, 0.3) is 0 Å². The third-order valence-corrected chi connectivity index (χ3v) is 4.31. The van der Waals surface area contributed by atoms with Crippen LogP contribution >= 0.6 is 0 Å². The maximum absolute atomic E-state index is 10.4. The van der Waals surface area contributed by atoms with Crippen molar-refractivity contribution in [1.29, 1.82) is 0 Å². The Labute approximate surface area is 151 Å². The molecular formula is C16H35NaO2S. The van der Waals surface area contributed by atoms with Gasteiger partial charge in [0.1, 0.15) is 0 Å². The van der Waals surface area contributed by atoms with Gasteiger partial charge in [0, 0.05) is 5.75 Å². The monoisotopic (exact) mass is 314 g/mol.